The molecule has 1 aromatic heterocycles. The van der Waals surface area contributed by atoms with Gasteiger partial charge in [0.25, 0.3) is 5.91 Å². The topological polar surface area (TPSA) is 71.3 Å². The van der Waals surface area contributed by atoms with Crippen LogP contribution in [-0.4, -0.2) is 28.0 Å². The first-order valence-corrected chi connectivity index (χ1v) is 6.88. The highest BCUT2D eigenvalue weighted by Gasteiger charge is 2.22. The molecule has 0 aliphatic carbocycles. The minimum atomic E-state index is -0.179. The van der Waals surface area contributed by atoms with Gasteiger partial charge in [-0.05, 0) is 26.0 Å². The van der Waals surface area contributed by atoms with Crippen LogP contribution in [0.1, 0.15) is 35.9 Å². The number of hydrogen-bond acceptors (Lipinski definition) is 4. The molecular weight excluding hydrogens is 266 g/mol. The Morgan fingerprint density at radius 2 is 2.10 bits per heavy atom. The number of aliphatic imine (C=N–C) groups is 1. The number of amides is 1. The number of nitrogens with one attached hydrogen (secondary N) is 2. The Morgan fingerprint density at radius 3 is 2.81 bits per heavy atom. The quantitative estimate of drug-likeness (QED) is 0.885. The first-order chi connectivity index (χ1) is 10.2. The molecule has 0 bridgehead atoms. The Kier molecular flexibility index (Phi) is 3.43. The average Bonchev–Trinajstić information content (AvgIpc) is 2.93. The van der Waals surface area contributed by atoms with Crippen molar-refractivity contribution in [3.63, 3.8) is 0 Å². The van der Waals surface area contributed by atoms with E-state index in [9.17, 15) is 4.79 Å². The molecule has 21 heavy (non-hydrogen) atoms. The zero-order valence-corrected chi connectivity index (χ0v) is 12.0. The van der Waals surface area contributed by atoms with Crippen molar-refractivity contribution >= 4 is 17.6 Å². The summed E-state index contributed by atoms with van der Waals surface area (Å²) in [5.74, 6) is 1.22. The monoisotopic (exact) mass is 283 g/mol. The van der Waals surface area contributed by atoms with Crippen molar-refractivity contribution in [2.24, 2.45) is 4.99 Å². The number of rotatable bonds is 2. The highest BCUT2D eigenvalue weighted by Crippen LogP contribution is 2.22. The molecule has 0 saturated heterocycles. The number of imidazole rings is 1. The van der Waals surface area contributed by atoms with Crippen LogP contribution in [0.5, 0.6) is 0 Å². The van der Waals surface area contributed by atoms with Crippen molar-refractivity contribution in [3.05, 3.63) is 47.9 Å². The number of benzene rings is 1. The zero-order valence-electron chi connectivity index (χ0n) is 12.0. The maximum atomic E-state index is 12.2. The molecule has 0 fully saturated rings. The van der Waals surface area contributed by atoms with E-state index in [1.807, 2.05) is 22.8 Å². The Balaban J connectivity index is 1.85. The molecule has 0 saturated carbocycles. The fourth-order valence-electron chi connectivity index (χ4n) is 2.24. The zero-order chi connectivity index (χ0) is 14.8. The van der Waals surface area contributed by atoms with E-state index in [0.717, 1.165) is 5.82 Å². The molecule has 1 amide bonds. The first-order valence-electron chi connectivity index (χ1n) is 6.88. The number of nitrogens with zero attached hydrogens (tertiary/aromatic N) is 3. The van der Waals surface area contributed by atoms with Gasteiger partial charge < -0.3 is 15.2 Å². The second-order valence-electron chi connectivity index (χ2n) is 5.10. The Morgan fingerprint density at radius 1 is 1.33 bits per heavy atom. The van der Waals surface area contributed by atoms with Crippen LogP contribution in [0.2, 0.25) is 0 Å². The summed E-state index contributed by atoms with van der Waals surface area (Å²) < 4.78 is 2.03. The van der Waals surface area contributed by atoms with E-state index in [1.54, 1.807) is 18.5 Å². The smallest absolute Gasteiger partial charge is 0.256 e. The third kappa shape index (κ3) is 2.52. The van der Waals surface area contributed by atoms with Gasteiger partial charge in [0.15, 0.2) is 5.84 Å². The van der Waals surface area contributed by atoms with E-state index < -0.39 is 0 Å². The lowest BCUT2D eigenvalue weighted by atomic mass is 10.2. The highest BCUT2D eigenvalue weighted by atomic mass is 16.1. The second-order valence-corrected chi connectivity index (χ2v) is 5.10. The van der Waals surface area contributed by atoms with Gasteiger partial charge in [0.2, 0.25) is 0 Å². The van der Waals surface area contributed by atoms with Crippen LogP contribution in [0, 0.1) is 0 Å². The van der Waals surface area contributed by atoms with Crippen LogP contribution < -0.4 is 10.6 Å². The lowest BCUT2D eigenvalue weighted by Gasteiger charge is -2.18. The Bertz CT molecular complexity index is 687. The summed E-state index contributed by atoms with van der Waals surface area (Å²) >= 11 is 0. The number of fused-ring (bicyclic) bond motifs is 1. The van der Waals surface area contributed by atoms with Gasteiger partial charge in [0.05, 0.1) is 6.33 Å². The second kappa shape index (κ2) is 5.40. The molecule has 0 radical (unpaired) electrons. The summed E-state index contributed by atoms with van der Waals surface area (Å²) in [6, 6.07) is 9.37. The molecule has 108 valence electrons. The standard InChI is InChI=1S/C15H17N5O/c1-10(2)20-9-18-12-13(16-8-17-14(12)20)19-15(21)11-6-4-3-5-7-11/h3-7,9-10,17H,8H2,1-2H3,(H,16,19,21). The summed E-state index contributed by atoms with van der Waals surface area (Å²) in [5, 5.41) is 6.04. The first kappa shape index (κ1) is 13.4. The van der Waals surface area contributed by atoms with E-state index in [2.05, 4.69) is 34.5 Å². The summed E-state index contributed by atoms with van der Waals surface area (Å²) in [5.41, 5.74) is 1.28. The lowest BCUT2D eigenvalue weighted by molar-refractivity contribution is 0.0977. The minimum absolute atomic E-state index is 0.179. The van der Waals surface area contributed by atoms with Crippen molar-refractivity contribution in [2.75, 3.05) is 12.0 Å². The number of hydrogen-bond donors (Lipinski definition) is 2. The molecule has 0 spiro atoms. The molecule has 1 aliphatic heterocycles. The predicted octanol–water partition coefficient (Wildman–Crippen LogP) is 2.02. The fraction of sp³-hybridized carbons (Fsp3) is 0.267. The summed E-state index contributed by atoms with van der Waals surface area (Å²) in [6.45, 7) is 4.59. The Hall–Kier alpha value is -2.63. The van der Waals surface area contributed by atoms with Crippen LogP contribution >= 0.6 is 0 Å². The van der Waals surface area contributed by atoms with Crippen LogP contribution in [0.4, 0.5) is 5.82 Å². The molecule has 0 atom stereocenters. The van der Waals surface area contributed by atoms with Gasteiger partial charge in [-0.25, -0.2) is 9.98 Å². The number of aromatic nitrogens is 2. The van der Waals surface area contributed by atoms with E-state index in [-0.39, 0.29) is 11.9 Å². The third-order valence-corrected chi connectivity index (χ3v) is 3.33. The molecule has 1 aliphatic rings. The van der Waals surface area contributed by atoms with Crippen molar-refractivity contribution in [3.8, 4) is 0 Å². The maximum Gasteiger partial charge on any atom is 0.256 e. The summed E-state index contributed by atoms with van der Waals surface area (Å²) in [7, 11) is 0. The Labute approximate surface area is 122 Å². The summed E-state index contributed by atoms with van der Waals surface area (Å²) in [4.78, 5) is 20.9. The number of anilines is 1. The van der Waals surface area contributed by atoms with E-state index in [1.165, 1.54) is 0 Å². The fourth-order valence-corrected chi connectivity index (χ4v) is 2.24. The molecule has 0 unspecified atom stereocenters. The third-order valence-electron chi connectivity index (χ3n) is 3.33. The average molecular weight is 283 g/mol. The normalized spacial score (nSPS) is 13.4. The molecule has 2 N–H and O–H groups in total. The van der Waals surface area contributed by atoms with E-state index in [4.69, 9.17) is 0 Å². The van der Waals surface area contributed by atoms with Crippen LogP contribution in [0.3, 0.4) is 0 Å². The predicted molar refractivity (Wildman–Crippen MR) is 81.5 cm³/mol. The van der Waals surface area contributed by atoms with Gasteiger partial charge in [0, 0.05) is 11.6 Å². The van der Waals surface area contributed by atoms with Crippen LogP contribution in [0.25, 0.3) is 0 Å². The lowest BCUT2D eigenvalue weighted by Crippen LogP contribution is -2.34. The van der Waals surface area contributed by atoms with Gasteiger partial charge in [-0.1, -0.05) is 18.2 Å². The van der Waals surface area contributed by atoms with Gasteiger partial charge in [-0.2, -0.15) is 0 Å². The summed E-state index contributed by atoms with van der Waals surface area (Å²) in [6.07, 6.45) is 1.76. The molecule has 1 aromatic carbocycles. The largest absolute Gasteiger partial charge is 0.350 e. The van der Waals surface area contributed by atoms with E-state index in [0.29, 0.717) is 23.8 Å². The minimum Gasteiger partial charge on any atom is -0.350 e. The molecule has 6 heteroatoms. The SMILES string of the molecule is CC(C)n1cnc2c1NCN=C2NC(=O)c1ccccc1. The van der Waals surface area contributed by atoms with Crippen molar-refractivity contribution in [2.45, 2.75) is 19.9 Å². The van der Waals surface area contributed by atoms with Crippen molar-refractivity contribution in [1.82, 2.24) is 14.9 Å². The molecule has 3 rings (SSSR count). The van der Waals surface area contributed by atoms with E-state index >= 15 is 0 Å². The maximum absolute atomic E-state index is 12.2. The number of carbonyl (C=O) groups is 1. The van der Waals surface area contributed by atoms with Crippen molar-refractivity contribution < 1.29 is 4.79 Å². The number of amidine groups is 1. The van der Waals surface area contributed by atoms with Gasteiger partial charge in [0.1, 0.15) is 18.2 Å². The molecule has 2 aromatic rings. The van der Waals surface area contributed by atoms with Crippen LogP contribution in [0.15, 0.2) is 41.7 Å². The van der Waals surface area contributed by atoms with Crippen LogP contribution in [-0.2, 0) is 0 Å². The number of carbonyl (C=O) groups excluding carboxylic acids is 1. The molecule has 2 heterocycles. The van der Waals surface area contributed by atoms with Crippen molar-refractivity contribution in [1.29, 1.82) is 0 Å². The van der Waals surface area contributed by atoms with Gasteiger partial charge in [-0.3, -0.25) is 4.79 Å². The highest BCUT2D eigenvalue weighted by molar-refractivity contribution is 6.14. The van der Waals surface area contributed by atoms with Gasteiger partial charge >= 0.3 is 0 Å². The molecular formula is C15H17N5O. The molecule has 6 nitrogen and oxygen atoms in total. The van der Waals surface area contributed by atoms with Gasteiger partial charge in [-0.15, -0.1) is 0 Å².